The Bertz CT molecular complexity index is 985. The van der Waals surface area contributed by atoms with Crippen LogP contribution >= 0.6 is 11.8 Å². The van der Waals surface area contributed by atoms with Crippen molar-refractivity contribution in [1.29, 1.82) is 0 Å². The van der Waals surface area contributed by atoms with E-state index in [-0.39, 0.29) is 11.7 Å². The minimum atomic E-state index is -1.03. The van der Waals surface area contributed by atoms with Gasteiger partial charge in [0.15, 0.2) is 0 Å². The van der Waals surface area contributed by atoms with E-state index in [0.717, 1.165) is 34.9 Å². The number of rotatable bonds is 7. The molecule has 1 aliphatic rings. The number of carbonyl (C=O) groups excluding carboxylic acids is 2. The maximum atomic E-state index is 11.6. The van der Waals surface area contributed by atoms with Crippen LogP contribution in [0.15, 0.2) is 47.4 Å². The van der Waals surface area contributed by atoms with E-state index in [1.165, 1.54) is 0 Å². The van der Waals surface area contributed by atoms with E-state index in [2.05, 4.69) is 5.32 Å². The lowest BCUT2D eigenvalue weighted by Crippen LogP contribution is -2.32. The molecule has 1 saturated heterocycles. The summed E-state index contributed by atoms with van der Waals surface area (Å²) in [6, 6.07) is 11.7. The van der Waals surface area contributed by atoms with Gasteiger partial charge in [-0.1, -0.05) is 25.1 Å². The predicted octanol–water partition coefficient (Wildman–Crippen LogP) is 3.32. The first-order chi connectivity index (χ1) is 13.9. The minimum Gasteiger partial charge on any atom is -0.480 e. The van der Waals surface area contributed by atoms with Crippen LogP contribution < -0.4 is 15.8 Å². The third-order valence-electron chi connectivity index (χ3n) is 4.37. The van der Waals surface area contributed by atoms with E-state index in [1.807, 2.05) is 19.1 Å². The zero-order valence-corrected chi connectivity index (χ0v) is 16.5. The minimum absolute atomic E-state index is 0.260. The Kier molecular flexibility index (Phi) is 6.36. The number of nitrogens with one attached hydrogen (secondary N) is 1. The quantitative estimate of drug-likeness (QED) is 0.597. The highest BCUT2D eigenvalue weighted by Crippen LogP contribution is 2.28. The SMILES string of the molecule is CCc1cc(Oc2ccc(C=C3SC(=O)NC3=O)cc2)ccc1CC(N)C(=O)O. The highest BCUT2D eigenvalue weighted by molar-refractivity contribution is 8.18. The number of imide groups is 1. The molecule has 7 nitrogen and oxygen atoms in total. The normalized spacial score (nSPS) is 16.0. The summed E-state index contributed by atoms with van der Waals surface area (Å²) in [7, 11) is 0. The summed E-state index contributed by atoms with van der Waals surface area (Å²) in [5.41, 5.74) is 8.29. The molecule has 1 aliphatic heterocycles. The van der Waals surface area contributed by atoms with Gasteiger partial charge in [-0.25, -0.2) is 0 Å². The Hall–Kier alpha value is -3.10. The van der Waals surface area contributed by atoms with Gasteiger partial charge in [-0.3, -0.25) is 19.7 Å². The summed E-state index contributed by atoms with van der Waals surface area (Å²) in [6.07, 6.45) is 2.63. The Morgan fingerprint density at radius 2 is 1.86 bits per heavy atom. The summed E-state index contributed by atoms with van der Waals surface area (Å²) in [4.78, 5) is 34.2. The molecule has 1 heterocycles. The molecule has 2 aromatic rings. The predicted molar refractivity (Wildman–Crippen MR) is 111 cm³/mol. The molecule has 1 fully saturated rings. The van der Waals surface area contributed by atoms with Gasteiger partial charge in [0.25, 0.3) is 11.1 Å². The lowest BCUT2D eigenvalue weighted by atomic mass is 9.98. The van der Waals surface area contributed by atoms with Crippen LogP contribution in [-0.4, -0.2) is 28.3 Å². The summed E-state index contributed by atoms with van der Waals surface area (Å²) in [5, 5.41) is 10.8. The third kappa shape index (κ3) is 5.24. The van der Waals surface area contributed by atoms with E-state index >= 15 is 0 Å². The molecule has 2 amide bonds. The van der Waals surface area contributed by atoms with Crippen molar-refractivity contribution >= 4 is 35.0 Å². The fourth-order valence-electron chi connectivity index (χ4n) is 2.86. The molecular formula is C21H20N2O5S. The van der Waals surface area contributed by atoms with Crippen LogP contribution in [0.4, 0.5) is 4.79 Å². The largest absolute Gasteiger partial charge is 0.480 e. The molecular weight excluding hydrogens is 392 g/mol. The molecule has 3 rings (SSSR count). The Balaban J connectivity index is 1.71. The average Bonchev–Trinajstić information content (AvgIpc) is 3.01. The third-order valence-corrected chi connectivity index (χ3v) is 5.18. The van der Waals surface area contributed by atoms with Crippen molar-refractivity contribution in [3.8, 4) is 11.5 Å². The number of aryl methyl sites for hydroxylation is 1. The van der Waals surface area contributed by atoms with E-state index in [4.69, 9.17) is 15.6 Å². The van der Waals surface area contributed by atoms with Crippen LogP contribution in [0.1, 0.15) is 23.6 Å². The van der Waals surface area contributed by atoms with Crippen molar-refractivity contribution < 1.29 is 24.2 Å². The Morgan fingerprint density at radius 1 is 1.17 bits per heavy atom. The fourth-order valence-corrected chi connectivity index (χ4v) is 3.54. The molecule has 8 heteroatoms. The first kappa shape index (κ1) is 20.6. The van der Waals surface area contributed by atoms with Crippen LogP contribution in [0.25, 0.3) is 6.08 Å². The van der Waals surface area contributed by atoms with E-state index < -0.39 is 17.9 Å². The number of benzene rings is 2. The summed E-state index contributed by atoms with van der Waals surface area (Å²) >= 11 is 0.871. The smallest absolute Gasteiger partial charge is 0.320 e. The number of carbonyl (C=O) groups is 3. The number of ether oxygens (including phenoxy) is 1. The molecule has 0 saturated carbocycles. The van der Waals surface area contributed by atoms with Gasteiger partial charge in [0.2, 0.25) is 0 Å². The van der Waals surface area contributed by atoms with Crippen LogP contribution in [0.3, 0.4) is 0 Å². The lowest BCUT2D eigenvalue weighted by Gasteiger charge is -2.13. The fraction of sp³-hybridized carbons (Fsp3) is 0.190. The van der Waals surface area contributed by atoms with Crippen molar-refractivity contribution in [1.82, 2.24) is 5.32 Å². The number of amides is 2. The van der Waals surface area contributed by atoms with E-state index in [1.54, 1.807) is 36.4 Å². The van der Waals surface area contributed by atoms with Gasteiger partial charge in [0.05, 0.1) is 4.91 Å². The highest BCUT2D eigenvalue weighted by Gasteiger charge is 2.24. The number of nitrogens with two attached hydrogens (primary N) is 1. The number of hydrogen-bond donors (Lipinski definition) is 3. The maximum Gasteiger partial charge on any atom is 0.320 e. The Morgan fingerprint density at radius 3 is 2.45 bits per heavy atom. The van der Waals surface area contributed by atoms with Crippen molar-refractivity contribution in [2.24, 2.45) is 5.73 Å². The highest BCUT2D eigenvalue weighted by atomic mass is 32.2. The standard InChI is InChI=1S/C21H20N2O5S/c1-2-13-10-16(8-5-14(13)11-17(22)20(25)26)28-15-6-3-12(4-7-15)9-18-19(24)23-21(27)29-18/h3-10,17H,2,11,22H2,1H3,(H,25,26)(H,23,24,27). The molecule has 0 aromatic heterocycles. The molecule has 29 heavy (non-hydrogen) atoms. The second kappa shape index (κ2) is 8.93. The second-order valence-electron chi connectivity index (χ2n) is 6.46. The average molecular weight is 412 g/mol. The molecule has 0 spiro atoms. The first-order valence-electron chi connectivity index (χ1n) is 8.98. The van der Waals surface area contributed by atoms with Crippen molar-refractivity contribution in [3.05, 3.63) is 64.1 Å². The number of thioether (sulfide) groups is 1. The zero-order chi connectivity index (χ0) is 21.0. The molecule has 0 radical (unpaired) electrons. The Labute approximate surface area is 171 Å². The molecule has 0 bridgehead atoms. The van der Waals surface area contributed by atoms with Gasteiger partial charge >= 0.3 is 5.97 Å². The first-order valence-corrected chi connectivity index (χ1v) is 9.80. The number of carboxylic acids is 1. The molecule has 4 N–H and O–H groups in total. The van der Waals surface area contributed by atoms with Crippen molar-refractivity contribution in [3.63, 3.8) is 0 Å². The number of aliphatic carboxylic acids is 1. The zero-order valence-electron chi connectivity index (χ0n) is 15.7. The van der Waals surface area contributed by atoms with Gasteiger partial charge in [-0.05, 0) is 71.6 Å². The van der Waals surface area contributed by atoms with Gasteiger partial charge in [0, 0.05) is 0 Å². The summed E-state index contributed by atoms with van der Waals surface area (Å²) < 4.78 is 5.88. The van der Waals surface area contributed by atoms with Gasteiger partial charge < -0.3 is 15.6 Å². The second-order valence-corrected chi connectivity index (χ2v) is 7.47. The van der Waals surface area contributed by atoms with Crippen LogP contribution in [0, 0.1) is 0 Å². The summed E-state index contributed by atoms with van der Waals surface area (Å²) in [6.45, 7) is 1.99. The van der Waals surface area contributed by atoms with Gasteiger partial charge in [-0.2, -0.15) is 0 Å². The number of hydrogen-bond acceptors (Lipinski definition) is 6. The molecule has 2 aromatic carbocycles. The van der Waals surface area contributed by atoms with Crippen LogP contribution in [-0.2, 0) is 22.4 Å². The van der Waals surface area contributed by atoms with E-state index in [0.29, 0.717) is 16.4 Å². The lowest BCUT2D eigenvalue weighted by molar-refractivity contribution is -0.138. The molecule has 1 atom stereocenters. The summed E-state index contributed by atoms with van der Waals surface area (Å²) in [5.74, 6) is -0.170. The number of carboxylic acid groups (broad SMARTS) is 1. The van der Waals surface area contributed by atoms with Crippen LogP contribution in [0.2, 0.25) is 0 Å². The van der Waals surface area contributed by atoms with Gasteiger partial charge in [-0.15, -0.1) is 0 Å². The van der Waals surface area contributed by atoms with Gasteiger partial charge in [0.1, 0.15) is 17.5 Å². The molecule has 150 valence electrons. The molecule has 0 aliphatic carbocycles. The molecule has 1 unspecified atom stereocenters. The maximum absolute atomic E-state index is 11.6. The van der Waals surface area contributed by atoms with E-state index in [9.17, 15) is 14.4 Å². The van der Waals surface area contributed by atoms with Crippen molar-refractivity contribution in [2.75, 3.05) is 0 Å². The van der Waals surface area contributed by atoms with Crippen molar-refractivity contribution in [2.45, 2.75) is 25.8 Å². The topological polar surface area (TPSA) is 119 Å². The van der Waals surface area contributed by atoms with Crippen LogP contribution in [0.5, 0.6) is 11.5 Å². The monoisotopic (exact) mass is 412 g/mol.